The summed E-state index contributed by atoms with van der Waals surface area (Å²) in [5.74, 6) is -3.74. The number of nitrogens with one attached hydrogen (secondary N) is 3. The molecule has 0 saturated heterocycles. The molecule has 0 bridgehead atoms. The van der Waals surface area contributed by atoms with Crippen molar-refractivity contribution in [3.8, 4) is 0 Å². The summed E-state index contributed by atoms with van der Waals surface area (Å²) in [5, 5.41) is 25.6. The van der Waals surface area contributed by atoms with E-state index in [2.05, 4.69) is 10.6 Å². The van der Waals surface area contributed by atoms with Gasteiger partial charge in [-0.2, -0.15) is 0 Å². The van der Waals surface area contributed by atoms with Gasteiger partial charge in [-0.05, 0) is 30.0 Å². The second kappa shape index (κ2) is 10.8. The average molecular weight is 448 g/mol. The van der Waals surface area contributed by atoms with Gasteiger partial charge in [0.1, 0.15) is 6.04 Å². The molecule has 0 aliphatic carbocycles. The van der Waals surface area contributed by atoms with Crippen molar-refractivity contribution >= 4 is 40.9 Å². The highest BCUT2D eigenvalue weighted by Gasteiger charge is 2.46. The molecule has 0 saturated carbocycles. The van der Waals surface area contributed by atoms with E-state index in [0.29, 0.717) is 15.6 Å². The van der Waals surface area contributed by atoms with Crippen LogP contribution in [0.1, 0.15) is 32.8 Å². The molecule has 0 fully saturated rings. The predicted molar refractivity (Wildman–Crippen MR) is 110 cm³/mol. The smallest absolute Gasteiger partial charge is 0.253 e. The van der Waals surface area contributed by atoms with Gasteiger partial charge in [-0.3, -0.25) is 19.6 Å². The second-order valence-corrected chi connectivity index (χ2v) is 8.14. The number of hydrogen-bond donors (Lipinski definition) is 5. The van der Waals surface area contributed by atoms with Crippen LogP contribution in [-0.2, 0) is 20.8 Å². The Morgan fingerprint density at radius 3 is 2.24 bits per heavy atom. The van der Waals surface area contributed by atoms with E-state index in [1.165, 1.54) is 25.5 Å². The third kappa shape index (κ3) is 6.57. The Morgan fingerprint density at radius 1 is 1.14 bits per heavy atom. The second-order valence-electron chi connectivity index (χ2n) is 7.30. The SMILES string of the molecule is CNC(=O)[C@H](Cc1ccc(Cl)cc1Cl)NC(=O)[C@](O)(CC(C)C)[C@H](C)C(=O)NO. The Morgan fingerprint density at radius 2 is 1.76 bits per heavy atom. The molecule has 0 aromatic heterocycles. The molecule has 8 nitrogen and oxygen atoms in total. The van der Waals surface area contributed by atoms with Crippen molar-refractivity contribution in [1.29, 1.82) is 0 Å². The lowest BCUT2D eigenvalue weighted by atomic mass is 9.80. The number of carbonyl (C=O) groups excluding carboxylic acids is 3. The molecule has 1 aromatic rings. The molecule has 162 valence electrons. The van der Waals surface area contributed by atoms with Crippen LogP contribution >= 0.6 is 23.2 Å². The lowest BCUT2D eigenvalue weighted by Gasteiger charge is -2.34. The Hall–Kier alpha value is -1.87. The van der Waals surface area contributed by atoms with Gasteiger partial charge in [-0.15, -0.1) is 0 Å². The summed E-state index contributed by atoms with van der Waals surface area (Å²) in [6, 6.07) is 3.70. The third-order valence-corrected chi connectivity index (χ3v) is 5.23. The van der Waals surface area contributed by atoms with Gasteiger partial charge in [-0.25, -0.2) is 5.48 Å². The first-order valence-electron chi connectivity index (χ1n) is 9.09. The topological polar surface area (TPSA) is 128 Å². The van der Waals surface area contributed by atoms with E-state index in [4.69, 9.17) is 28.4 Å². The van der Waals surface area contributed by atoms with Crippen LogP contribution in [0, 0.1) is 11.8 Å². The molecule has 0 aliphatic rings. The van der Waals surface area contributed by atoms with Crippen molar-refractivity contribution in [3.63, 3.8) is 0 Å². The Balaban J connectivity index is 3.18. The molecule has 0 spiro atoms. The van der Waals surface area contributed by atoms with Crippen molar-refractivity contribution in [3.05, 3.63) is 33.8 Å². The quantitative estimate of drug-likeness (QED) is 0.290. The molecule has 3 atom stereocenters. The van der Waals surface area contributed by atoms with E-state index >= 15 is 0 Å². The van der Waals surface area contributed by atoms with Crippen LogP contribution in [0.4, 0.5) is 0 Å². The standard InChI is InChI=1S/C19H27Cl2N3O5/c1-10(2)9-19(28,11(3)16(25)24-29)18(27)23-15(17(26)22-4)7-12-5-6-13(20)8-14(12)21/h5-6,8,10-11,15,28-29H,7,9H2,1-4H3,(H,22,26)(H,23,27)(H,24,25)/t11-,15+,19+/m1/s1. The van der Waals surface area contributed by atoms with Crippen LogP contribution in [0.15, 0.2) is 18.2 Å². The number of hydroxylamine groups is 1. The van der Waals surface area contributed by atoms with Gasteiger partial charge < -0.3 is 15.7 Å². The molecule has 1 rings (SSSR count). The first-order chi connectivity index (χ1) is 13.5. The molecule has 3 amide bonds. The first kappa shape index (κ1) is 25.2. The van der Waals surface area contributed by atoms with Crippen molar-refractivity contribution in [2.75, 3.05) is 7.05 Å². The zero-order valence-corrected chi connectivity index (χ0v) is 18.3. The van der Waals surface area contributed by atoms with Crippen molar-refractivity contribution in [1.82, 2.24) is 16.1 Å². The zero-order chi connectivity index (χ0) is 22.4. The van der Waals surface area contributed by atoms with Crippen molar-refractivity contribution < 1.29 is 24.7 Å². The number of benzene rings is 1. The molecule has 1 aromatic carbocycles. The first-order valence-corrected chi connectivity index (χ1v) is 9.84. The average Bonchev–Trinajstić information content (AvgIpc) is 2.66. The molecule has 0 unspecified atom stereocenters. The van der Waals surface area contributed by atoms with Gasteiger partial charge in [0.05, 0.1) is 5.92 Å². The minimum Gasteiger partial charge on any atom is -0.379 e. The van der Waals surface area contributed by atoms with Crippen LogP contribution in [0.2, 0.25) is 10.0 Å². The predicted octanol–water partition coefficient (Wildman–Crippen LogP) is 1.69. The molecular weight excluding hydrogens is 421 g/mol. The summed E-state index contributed by atoms with van der Waals surface area (Å²) in [4.78, 5) is 37.2. The molecule has 29 heavy (non-hydrogen) atoms. The number of halogens is 2. The lowest BCUT2D eigenvalue weighted by molar-refractivity contribution is -0.159. The highest BCUT2D eigenvalue weighted by atomic mass is 35.5. The number of hydrogen-bond acceptors (Lipinski definition) is 5. The minimum absolute atomic E-state index is 0.0414. The van der Waals surface area contributed by atoms with E-state index in [0.717, 1.165) is 0 Å². The molecule has 5 N–H and O–H groups in total. The summed E-state index contributed by atoms with van der Waals surface area (Å²) in [6.07, 6.45) is -0.0185. The van der Waals surface area contributed by atoms with Gasteiger partial charge in [0.15, 0.2) is 5.60 Å². The van der Waals surface area contributed by atoms with Crippen molar-refractivity contribution in [2.45, 2.75) is 45.3 Å². The minimum atomic E-state index is -2.14. The van der Waals surface area contributed by atoms with E-state index in [1.807, 2.05) is 0 Å². The summed E-state index contributed by atoms with van der Waals surface area (Å²) < 4.78 is 0. The molecule has 0 heterocycles. The van der Waals surface area contributed by atoms with Crippen LogP contribution in [-0.4, -0.2) is 46.7 Å². The zero-order valence-electron chi connectivity index (χ0n) is 16.8. The van der Waals surface area contributed by atoms with Crippen molar-refractivity contribution in [2.24, 2.45) is 11.8 Å². The maximum Gasteiger partial charge on any atom is 0.253 e. The molecule has 10 heteroatoms. The fraction of sp³-hybridized carbons (Fsp3) is 0.526. The molecular formula is C19H27Cl2N3O5. The van der Waals surface area contributed by atoms with Gasteiger partial charge in [0, 0.05) is 23.5 Å². The van der Waals surface area contributed by atoms with Crippen LogP contribution in [0.5, 0.6) is 0 Å². The third-order valence-electron chi connectivity index (χ3n) is 4.64. The lowest BCUT2D eigenvalue weighted by Crippen LogP contribution is -2.60. The van der Waals surface area contributed by atoms with Gasteiger partial charge in [0.2, 0.25) is 11.8 Å². The summed E-state index contributed by atoms with van der Waals surface area (Å²) in [5.41, 5.74) is -0.124. The van der Waals surface area contributed by atoms with E-state index in [9.17, 15) is 19.5 Å². The maximum absolute atomic E-state index is 13.0. The summed E-state index contributed by atoms with van der Waals surface area (Å²) in [6.45, 7) is 4.86. The van der Waals surface area contributed by atoms with Gasteiger partial charge >= 0.3 is 0 Å². The van der Waals surface area contributed by atoms with Crippen LogP contribution in [0.3, 0.4) is 0 Å². The van der Waals surface area contributed by atoms with E-state index < -0.39 is 35.3 Å². The molecule has 0 radical (unpaired) electrons. The van der Waals surface area contributed by atoms with E-state index in [-0.39, 0.29) is 18.8 Å². The monoisotopic (exact) mass is 447 g/mol. The number of likely N-dealkylation sites (N-methyl/N-ethyl adjacent to an activating group) is 1. The van der Waals surface area contributed by atoms with Crippen LogP contribution < -0.4 is 16.1 Å². The highest BCUT2D eigenvalue weighted by molar-refractivity contribution is 6.35. The normalized spacial score (nSPS) is 15.2. The Bertz CT molecular complexity index is 759. The van der Waals surface area contributed by atoms with Gasteiger partial charge in [-0.1, -0.05) is 50.0 Å². The maximum atomic E-state index is 13.0. The molecule has 0 aliphatic heterocycles. The fourth-order valence-corrected chi connectivity index (χ4v) is 3.46. The highest BCUT2D eigenvalue weighted by Crippen LogP contribution is 2.27. The summed E-state index contributed by atoms with van der Waals surface area (Å²) >= 11 is 12.1. The fourth-order valence-electron chi connectivity index (χ4n) is 2.98. The van der Waals surface area contributed by atoms with Gasteiger partial charge in [0.25, 0.3) is 5.91 Å². The van der Waals surface area contributed by atoms with Crippen LogP contribution in [0.25, 0.3) is 0 Å². The van der Waals surface area contributed by atoms with E-state index in [1.54, 1.807) is 26.0 Å². The largest absolute Gasteiger partial charge is 0.379 e. The number of aliphatic hydroxyl groups is 1. The number of carbonyl (C=O) groups is 3. The number of amides is 3. The Kier molecular flexibility index (Phi) is 9.35. The number of rotatable bonds is 9. The Labute approximate surface area is 179 Å². The summed E-state index contributed by atoms with van der Waals surface area (Å²) in [7, 11) is 1.41.